The van der Waals surface area contributed by atoms with Crippen LogP contribution in [0.2, 0.25) is 0 Å². The van der Waals surface area contributed by atoms with Gasteiger partial charge in [-0.2, -0.15) is 0 Å². The predicted molar refractivity (Wildman–Crippen MR) is 111 cm³/mol. The molecule has 2 amide bonds. The molecule has 1 aromatic heterocycles. The summed E-state index contributed by atoms with van der Waals surface area (Å²) in [7, 11) is 0. The van der Waals surface area contributed by atoms with E-state index in [-0.39, 0.29) is 18.4 Å². The third-order valence-electron chi connectivity index (χ3n) is 3.75. The second-order valence-electron chi connectivity index (χ2n) is 5.97. The molecule has 0 bridgehead atoms. The molecule has 1 saturated heterocycles. The molecule has 5 nitrogen and oxygen atoms in total. The molecular formula is C18H17N3O2S3. The molecule has 0 saturated carbocycles. The van der Waals surface area contributed by atoms with Gasteiger partial charge in [-0.15, -0.1) is 11.3 Å². The van der Waals surface area contributed by atoms with Gasteiger partial charge in [0.15, 0.2) is 5.13 Å². The topological polar surface area (TPSA) is 62.3 Å². The molecule has 0 radical (unpaired) electrons. The number of thioether (sulfide) groups is 1. The molecule has 1 aliphatic heterocycles. The Morgan fingerprint density at radius 3 is 2.69 bits per heavy atom. The van der Waals surface area contributed by atoms with Crippen molar-refractivity contribution in [3.8, 4) is 0 Å². The lowest BCUT2D eigenvalue weighted by molar-refractivity contribution is -0.126. The highest BCUT2D eigenvalue weighted by atomic mass is 32.2. The molecule has 1 fully saturated rings. The van der Waals surface area contributed by atoms with Gasteiger partial charge in [-0.1, -0.05) is 62.1 Å². The minimum atomic E-state index is -0.321. The van der Waals surface area contributed by atoms with E-state index in [0.29, 0.717) is 20.3 Å². The summed E-state index contributed by atoms with van der Waals surface area (Å²) in [6.07, 6.45) is 3.41. The number of hydrogen-bond acceptors (Lipinski definition) is 6. The fourth-order valence-electron chi connectivity index (χ4n) is 2.35. The number of carbonyl (C=O) groups is 2. The summed E-state index contributed by atoms with van der Waals surface area (Å²) in [5.41, 5.74) is 2.18. The molecule has 0 unspecified atom stereocenters. The van der Waals surface area contributed by atoms with E-state index < -0.39 is 0 Å². The van der Waals surface area contributed by atoms with Gasteiger partial charge in [0.1, 0.15) is 10.9 Å². The van der Waals surface area contributed by atoms with Crippen molar-refractivity contribution in [1.82, 2.24) is 9.88 Å². The molecule has 0 atom stereocenters. The van der Waals surface area contributed by atoms with Crippen LogP contribution in [0.4, 0.5) is 5.13 Å². The number of nitrogens with zero attached hydrogens (tertiary/aromatic N) is 2. The number of hydrogen-bond donors (Lipinski definition) is 1. The van der Waals surface area contributed by atoms with E-state index in [4.69, 9.17) is 12.2 Å². The van der Waals surface area contributed by atoms with Gasteiger partial charge in [-0.25, -0.2) is 4.98 Å². The van der Waals surface area contributed by atoms with Crippen LogP contribution in [-0.4, -0.2) is 32.6 Å². The molecule has 1 aliphatic rings. The van der Waals surface area contributed by atoms with Crippen LogP contribution in [0.5, 0.6) is 0 Å². The molecule has 0 aliphatic carbocycles. The van der Waals surface area contributed by atoms with Crippen LogP contribution in [-0.2, 0) is 9.59 Å². The number of thiazole rings is 1. The van der Waals surface area contributed by atoms with Crippen molar-refractivity contribution < 1.29 is 9.59 Å². The first-order chi connectivity index (χ1) is 12.4. The Morgan fingerprint density at radius 2 is 2.08 bits per heavy atom. The zero-order valence-electron chi connectivity index (χ0n) is 14.3. The Hall–Kier alpha value is -2.03. The summed E-state index contributed by atoms with van der Waals surface area (Å²) in [4.78, 5) is 30.5. The van der Waals surface area contributed by atoms with E-state index in [1.165, 1.54) is 33.6 Å². The van der Waals surface area contributed by atoms with Crippen molar-refractivity contribution in [2.75, 3.05) is 11.9 Å². The summed E-state index contributed by atoms with van der Waals surface area (Å²) in [5.74, 6) is -0.111. The van der Waals surface area contributed by atoms with Crippen molar-refractivity contribution in [1.29, 1.82) is 0 Å². The van der Waals surface area contributed by atoms with Gasteiger partial charge in [0.05, 0.1) is 4.91 Å². The van der Waals surface area contributed by atoms with Crippen LogP contribution >= 0.6 is 35.3 Å². The number of thiocarbonyl (C=S) groups is 1. The molecule has 2 aromatic rings. The zero-order chi connectivity index (χ0) is 18.7. The number of rotatable bonds is 5. The highest BCUT2D eigenvalue weighted by Crippen LogP contribution is 2.32. The number of nitrogens with one attached hydrogen (secondary N) is 1. The summed E-state index contributed by atoms with van der Waals surface area (Å²) < 4.78 is 0.384. The maximum Gasteiger partial charge on any atom is 0.266 e. The minimum Gasteiger partial charge on any atom is -0.300 e. The number of benzene rings is 1. The van der Waals surface area contributed by atoms with E-state index >= 15 is 0 Å². The lowest BCUT2D eigenvalue weighted by atomic mass is 10.0. The molecule has 0 spiro atoms. The largest absolute Gasteiger partial charge is 0.300 e. The summed E-state index contributed by atoms with van der Waals surface area (Å²) in [6.45, 7) is 4.15. The minimum absolute atomic E-state index is 0.117. The Morgan fingerprint density at radius 1 is 1.35 bits per heavy atom. The molecule has 26 heavy (non-hydrogen) atoms. The van der Waals surface area contributed by atoms with Gasteiger partial charge in [-0.05, 0) is 23.1 Å². The summed E-state index contributed by atoms with van der Waals surface area (Å²) in [5, 5.41) is 4.92. The number of carbonyl (C=O) groups excluding carboxylic acids is 2. The Bertz CT molecular complexity index is 858. The van der Waals surface area contributed by atoms with Crippen molar-refractivity contribution in [3.63, 3.8) is 0 Å². The lowest BCUT2D eigenvalue weighted by Gasteiger charge is -2.13. The van der Waals surface area contributed by atoms with Crippen LogP contribution in [0.1, 0.15) is 30.9 Å². The van der Waals surface area contributed by atoms with Crippen molar-refractivity contribution in [2.24, 2.45) is 0 Å². The quantitative estimate of drug-likeness (QED) is 0.601. The van der Waals surface area contributed by atoms with E-state index in [0.717, 1.165) is 5.56 Å². The van der Waals surface area contributed by atoms with Crippen molar-refractivity contribution in [2.45, 2.75) is 19.8 Å². The van der Waals surface area contributed by atoms with E-state index in [9.17, 15) is 9.59 Å². The van der Waals surface area contributed by atoms with Crippen LogP contribution in [0.25, 0.3) is 6.08 Å². The molecule has 8 heteroatoms. The second-order valence-corrected chi connectivity index (χ2v) is 8.54. The van der Waals surface area contributed by atoms with Crippen LogP contribution < -0.4 is 5.32 Å². The second kappa shape index (κ2) is 8.11. The maximum absolute atomic E-state index is 12.6. The summed E-state index contributed by atoms with van der Waals surface area (Å²) >= 11 is 7.80. The SMILES string of the molecule is CC(C)c1ccc(C=C2SC(=S)N(CC(=O)Nc3nccs3)C2=O)cc1. The molecule has 3 rings (SSSR count). The highest BCUT2D eigenvalue weighted by molar-refractivity contribution is 8.26. The standard InChI is InChI=1S/C18H17N3O2S3/c1-11(2)13-5-3-12(4-6-13)9-14-16(23)21(18(24)26-14)10-15(22)20-17-19-7-8-25-17/h3-9,11H,10H2,1-2H3,(H,19,20,22). The maximum atomic E-state index is 12.6. The first kappa shape index (κ1) is 18.8. The van der Waals surface area contributed by atoms with E-state index in [2.05, 4.69) is 36.3 Å². The van der Waals surface area contributed by atoms with Gasteiger partial charge in [0, 0.05) is 11.6 Å². The van der Waals surface area contributed by atoms with Crippen molar-refractivity contribution in [3.05, 3.63) is 51.9 Å². The Labute approximate surface area is 165 Å². The average Bonchev–Trinajstić information content (AvgIpc) is 3.19. The van der Waals surface area contributed by atoms with Gasteiger partial charge in [0.2, 0.25) is 5.91 Å². The number of anilines is 1. The number of aromatic nitrogens is 1. The Kier molecular flexibility index (Phi) is 5.85. The predicted octanol–water partition coefficient (Wildman–Crippen LogP) is 4.11. The smallest absolute Gasteiger partial charge is 0.266 e. The van der Waals surface area contributed by atoms with Crippen molar-refractivity contribution >= 4 is 62.7 Å². The van der Waals surface area contributed by atoms with Crippen LogP contribution in [0.3, 0.4) is 0 Å². The monoisotopic (exact) mass is 403 g/mol. The highest BCUT2D eigenvalue weighted by Gasteiger charge is 2.33. The molecule has 134 valence electrons. The van der Waals surface area contributed by atoms with Gasteiger partial charge >= 0.3 is 0 Å². The van der Waals surface area contributed by atoms with Crippen LogP contribution in [0.15, 0.2) is 40.7 Å². The third-order valence-corrected chi connectivity index (χ3v) is 5.82. The van der Waals surface area contributed by atoms with Gasteiger partial charge in [-0.3, -0.25) is 14.5 Å². The lowest BCUT2D eigenvalue weighted by Crippen LogP contribution is -2.36. The van der Waals surface area contributed by atoms with Crippen LogP contribution in [0, 0.1) is 0 Å². The summed E-state index contributed by atoms with van der Waals surface area (Å²) in [6, 6.07) is 8.07. The first-order valence-electron chi connectivity index (χ1n) is 7.98. The van der Waals surface area contributed by atoms with Gasteiger partial charge in [0.25, 0.3) is 5.91 Å². The first-order valence-corrected chi connectivity index (χ1v) is 10.1. The average molecular weight is 404 g/mol. The number of amides is 2. The molecule has 1 N–H and O–H groups in total. The molecule has 2 heterocycles. The van der Waals surface area contributed by atoms with Gasteiger partial charge < -0.3 is 5.32 Å². The Balaban J connectivity index is 1.68. The molecule has 1 aromatic carbocycles. The fourth-order valence-corrected chi connectivity index (χ4v) is 4.15. The zero-order valence-corrected chi connectivity index (χ0v) is 16.7. The fraction of sp³-hybridized carbons (Fsp3) is 0.222. The van der Waals surface area contributed by atoms with E-state index in [1.807, 2.05) is 18.2 Å². The third kappa shape index (κ3) is 4.38. The molecular weight excluding hydrogens is 386 g/mol. The van der Waals surface area contributed by atoms with E-state index in [1.54, 1.807) is 11.6 Å². The normalized spacial score (nSPS) is 16.0.